The Bertz CT molecular complexity index is 320. The fourth-order valence-corrected chi connectivity index (χ4v) is 2.74. The molecule has 0 heterocycles. The third kappa shape index (κ3) is 7.45. The van der Waals surface area contributed by atoms with Crippen LogP contribution in [0.3, 0.4) is 0 Å². The number of hydrogen-bond donors (Lipinski definition) is 2. The maximum absolute atomic E-state index is 5.86. The van der Waals surface area contributed by atoms with Gasteiger partial charge < -0.3 is 20.1 Å². The van der Waals surface area contributed by atoms with E-state index >= 15 is 0 Å². The van der Waals surface area contributed by atoms with Crippen molar-refractivity contribution in [1.29, 1.82) is 0 Å². The van der Waals surface area contributed by atoms with Crippen molar-refractivity contribution in [2.45, 2.75) is 65.1 Å². The standard InChI is InChI=1S/C17H35N3O2/c1-17(2,3)15(21-5)13-20-16(18-4)19-11-8-12-22-14-9-6-7-10-14/h14-15H,6-13H2,1-5H3,(H2,18,19,20). The zero-order valence-corrected chi connectivity index (χ0v) is 15.1. The van der Waals surface area contributed by atoms with Crippen LogP contribution in [0.4, 0.5) is 0 Å². The molecule has 0 saturated heterocycles. The van der Waals surface area contributed by atoms with Crippen LogP contribution in [-0.4, -0.2) is 52.0 Å². The van der Waals surface area contributed by atoms with Crippen molar-refractivity contribution < 1.29 is 9.47 Å². The molecule has 0 aromatic carbocycles. The second-order valence-electron chi connectivity index (χ2n) is 7.10. The predicted molar refractivity (Wildman–Crippen MR) is 92.4 cm³/mol. The molecule has 0 bridgehead atoms. The van der Waals surface area contributed by atoms with Crippen molar-refractivity contribution >= 4 is 5.96 Å². The van der Waals surface area contributed by atoms with Gasteiger partial charge >= 0.3 is 0 Å². The van der Waals surface area contributed by atoms with E-state index in [2.05, 4.69) is 36.4 Å². The van der Waals surface area contributed by atoms with Crippen LogP contribution in [0.1, 0.15) is 52.9 Å². The van der Waals surface area contributed by atoms with E-state index in [4.69, 9.17) is 9.47 Å². The third-order valence-corrected chi connectivity index (χ3v) is 4.20. The molecule has 130 valence electrons. The van der Waals surface area contributed by atoms with Crippen LogP contribution in [0.5, 0.6) is 0 Å². The monoisotopic (exact) mass is 313 g/mol. The Kier molecular flexibility index (Phi) is 8.79. The van der Waals surface area contributed by atoms with Gasteiger partial charge in [0.15, 0.2) is 5.96 Å². The summed E-state index contributed by atoms with van der Waals surface area (Å²) in [4.78, 5) is 4.25. The minimum Gasteiger partial charge on any atom is -0.379 e. The molecule has 0 spiro atoms. The molecular weight excluding hydrogens is 278 g/mol. The largest absolute Gasteiger partial charge is 0.379 e. The zero-order valence-electron chi connectivity index (χ0n) is 15.1. The van der Waals surface area contributed by atoms with Gasteiger partial charge in [-0.05, 0) is 24.7 Å². The van der Waals surface area contributed by atoms with E-state index in [1.54, 1.807) is 14.2 Å². The summed E-state index contributed by atoms with van der Waals surface area (Å²) < 4.78 is 11.4. The zero-order chi connectivity index (χ0) is 16.4. The second kappa shape index (κ2) is 10.1. The first kappa shape index (κ1) is 19.2. The first-order chi connectivity index (χ1) is 10.5. The molecule has 2 N–H and O–H groups in total. The summed E-state index contributed by atoms with van der Waals surface area (Å²) in [6, 6.07) is 0. The molecule has 22 heavy (non-hydrogen) atoms. The van der Waals surface area contributed by atoms with Crippen LogP contribution in [0, 0.1) is 5.41 Å². The van der Waals surface area contributed by atoms with Crippen molar-refractivity contribution in [1.82, 2.24) is 10.6 Å². The first-order valence-electron chi connectivity index (χ1n) is 8.56. The molecule has 0 radical (unpaired) electrons. The van der Waals surface area contributed by atoms with Crippen LogP contribution in [-0.2, 0) is 9.47 Å². The Hall–Kier alpha value is -0.810. The van der Waals surface area contributed by atoms with Gasteiger partial charge in [0, 0.05) is 33.9 Å². The number of methoxy groups -OCH3 is 1. The number of aliphatic imine (C=N–C) groups is 1. The SMILES string of the molecule is CN=C(NCCCOC1CCCC1)NCC(OC)C(C)(C)C. The lowest BCUT2D eigenvalue weighted by atomic mass is 9.89. The minimum absolute atomic E-state index is 0.107. The number of rotatable bonds is 8. The molecule has 1 fully saturated rings. The van der Waals surface area contributed by atoms with E-state index in [0.717, 1.165) is 32.1 Å². The van der Waals surface area contributed by atoms with Gasteiger partial charge in [-0.15, -0.1) is 0 Å². The number of nitrogens with one attached hydrogen (secondary N) is 2. The van der Waals surface area contributed by atoms with Crippen molar-refractivity contribution in [2.75, 3.05) is 33.9 Å². The number of ether oxygens (including phenoxy) is 2. The summed E-state index contributed by atoms with van der Waals surface area (Å²) >= 11 is 0. The highest BCUT2D eigenvalue weighted by atomic mass is 16.5. The smallest absolute Gasteiger partial charge is 0.191 e. The van der Waals surface area contributed by atoms with Crippen molar-refractivity contribution in [3.8, 4) is 0 Å². The lowest BCUT2D eigenvalue weighted by Gasteiger charge is -2.30. The Morgan fingerprint density at radius 1 is 1.23 bits per heavy atom. The topological polar surface area (TPSA) is 54.9 Å². The summed E-state index contributed by atoms with van der Waals surface area (Å²) in [5.41, 5.74) is 0.107. The normalized spacial score (nSPS) is 18.5. The van der Waals surface area contributed by atoms with Gasteiger partial charge in [0.1, 0.15) is 0 Å². The molecular formula is C17H35N3O2. The highest BCUT2D eigenvalue weighted by Gasteiger charge is 2.24. The van der Waals surface area contributed by atoms with E-state index in [9.17, 15) is 0 Å². The Morgan fingerprint density at radius 2 is 1.91 bits per heavy atom. The number of hydrogen-bond acceptors (Lipinski definition) is 3. The van der Waals surface area contributed by atoms with Gasteiger partial charge in [0.05, 0.1) is 12.2 Å². The highest BCUT2D eigenvalue weighted by molar-refractivity contribution is 5.79. The van der Waals surface area contributed by atoms with E-state index in [1.807, 2.05) is 0 Å². The molecule has 1 unspecified atom stereocenters. The van der Waals surface area contributed by atoms with Crippen molar-refractivity contribution in [3.63, 3.8) is 0 Å². The van der Waals surface area contributed by atoms with Crippen LogP contribution in [0.25, 0.3) is 0 Å². The minimum atomic E-state index is 0.107. The number of guanidine groups is 1. The Labute approximate surface area is 136 Å². The molecule has 0 amide bonds. The molecule has 1 atom stereocenters. The summed E-state index contributed by atoms with van der Waals surface area (Å²) in [6.07, 6.45) is 6.79. The highest BCUT2D eigenvalue weighted by Crippen LogP contribution is 2.21. The number of nitrogens with zero attached hydrogens (tertiary/aromatic N) is 1. The summed E-state index contributed by atoms with van der Waals surface area (Å²) in [5.74, 6) is 0.826. The Morgan fingerprint density at radius 3 is 2.45 bits per heavy atom. The first-order valence-corrected chi connectivity index (χ1v) is 8.56. The van der Waals surface area contributed by atoms with E-state index < -0.39 is 0 Å². The van der Waals surface area contributed by atoms with Crippen LogP contribution in [0.15, 0.2) is 4.99 Å². The molecule has 5 nitrogen and oxygen atoms in total. The average Bonchev–Trinajstić information content (AvgIpc) is 2.97. The van der Waals surface area contributed by atoms with Gasteiger partial charge in [0.25, 0.3) is 0 Å². The second-order valence-corrected chi connectivity index (χ2v) is 7.10. The third-order valence-electron chi connectivity index (χ3n) is 4.20. The van der Waals surface area contributed by atoms with E-state index in [0.29, 0.717) is 6.10 Å². The average molecular weight is 313 g/mol. The quantitative estimate of drug-likeness (QED) is 0.411. The molecule has 0 aromatic rings. The van der Waals surface area contributed by atoms with Crippen LogP contribution in [0.2, 0.25) is 0 Å². The van der Waals surface area contributed by atoms with Crippen LogP contribution >= 0.6 is 0 Å². The fourth-order valence-electron chi connectivity index (χ4n) is 2.74. The molecule has 1 saturated carbocycles. The van der Waals surface area contributed by atoms with E-state index in [-0.39, 0.29) is 11.5 Å². The lowest BCUT2D eigenvalue weighted by molar-refractivity contribution is 0.0205. The lowest BCUT2D eigenvalue weighted by Crippen LogP contribution is -2.45. The summed E-state index contributed by atoms with van der Waals surface area (Å²) in [6.45, 7) is 8.99. The molecule has 0 aromatic heterocycles. The molecule has 5 heteroatoms. The van der Waals surface area contributed by atoms with Gasteiger partial charge in [0.2, 0.25) is 0 Å². The molecule has 1 aliphatic carbocycles. The predicted octanol–water partition coefficient (Wildman–Crippen LogP) is 2.56. The molecule has 1 rings (SSSR count). The van der Waals surface area contributed by atoms with E-state index in [1.165, 1.54) is 25.7 Å². The maximum Gasteiger partial charge on any atom is 0.191 e. The van der Waals surface area contributed by atoms with Gasteiger partial charge in [-0.25, -0.2) is 0 Å². The van der Waals surface area contributed by atoms with Crippen molar-refractivity contribution in [3.05, 3.63) is 0 Å². The van der Waals surface area contributed by atoms with Gasteiger partial charge in [-0.3, -0.25) is 4.99 Å². The fraction of sp³-hybridized carbons (Fsp3) is 0.941. The maximum atomic E-state index is 5.86. The Balaban J connectivity index is 2.13. The van der Waals surface area contributed by atoms with Gasteiger partial charge in [-0.1, -0.05) is 33.6 Å². The summed E-state index contributed by atoms with van der Waals surface area (Å²) in [7, 11) is 3.55. The molecule has 0 aliphatic heterocycles. The van der Waals surface area contributed by atoms with Gasteiger partial charge in [-0.2, -0.15) is 0 Å². The summed E-state index contributed by atoms with van der Waals surface area (Å²) in [5, 5.41) is 6.66. The van der Waals surface area contributed by atoms with Crippen molar-refractivity contribution in [2.24, 2.45) is 10.4 Å². The van der Waals surface area contributed by atoms with Crippen LogP contribution < -0.4 is 10.6 Å². The molecule has 1 aliphatic rings.